The molecule has 0 spiro atoms. The Morgan fingerprint density at radius 3 is 2.45 bits per heavy atom. The first-order valence-corrected chi connectivity index (χ1v) is 8.62. The number of aliphatic carboxylic acids is 1. The van der Waals surface area contributed by atoms with Crippen LogP contribution in [-0.4, -0.2) is 47.6 Å². The summed E-state index contributed by atoms with van der Waals surface area (Å²) in [5.41, 5.74) is -0.148. The van der Waals surface area contributed by atoms with Gasteiger partial charge < -0.3 is 15.7 Å². The number of rotatable bonds is 8. The lowest BCUT2D eigenvalue weighted by Gasteiger charge is -2.37. The SMILES string of the molecule is CNC1(CC(=O)N[C@H](CCSC)C(=O)O)CCCCC1. The zero-order valence-electron chi connectivity index (χ0n) is 12.4. The van der Waals surface area contributed by atoms with E-state index in [1.54, 1.807) is 11.8 Å². The van der Waals surface area contributed by atoms with Crippen LogP contribution in [0.1, 0.15) is 44.9 Å². The Bertz CT molecular complexity index is 330. The van der Waals surface area contributed by atoms with E-state index in [4.69, 9.17) is 5.11 Å². The molecule has 0 aliphatic heterocycles. The molecule has 0 bridgehead atoms. The highest BCUT2D eigenvalue weighted by Gasteiger charge is 2.33. The van der Waals surface area contributed by atoms with E-state index in [1.807, 2.05) is 13.3 Å². The van der Waals surface area contributed by atoms with Crippen molar-refractivity contribution in [1.82, 2.24) is 10.6 Å². The first kappa shape index (κ1) is 17.3. The van der Waals surface area contributed by atoms with Crippen molar-refractivity contribution >= 4 is 23.6 Å². The second kappa shape index (κ2) is 8.52. The van der Waals surface area contributed by atoms with Crippen molar-refractivity contribution in [2.45, 2.75) is 56.5 Å². The summed E-state index contributed by atoms with van der Waals surface area (Å²) in [5.74, 6) is -0.377. The van der Waals surface area contributed by atoms with Gasteiger partial charge in [0.05, 0.1) is 0 Å². The molecule has 20 heavy (non-hydrogen) atoms. The number of amides is 1. The lowest BCUT2D eigenvalue weighted by molar-refractivity contribution is -0.142. The maximum absolute atomic E-state index is 12.1. The van der Waals surface area contributed by atoms with Crippen LogP contribution in [-0.2, 0) is 9.59 Å². The fraction of sp³-hybridized carbons (Fsp3) is 0.857. The van der Waals surface area contributed by atoms with Gasteiger partial charge in [0.15, 0.2) is 0 Å². The molecule has 0 aromatic rings. The molecule has 116 valence electrons. The summed E-state index contributed by atoms with van der Waals surface area (Å²) in [6.07, 6.45) is 8.21. The quantitative estimate of drug-likeness (QED) is 0.635. The second-order valence-electron chi connectivity index (χ2n) is 5.51. The Morgan fingerprint density at radius 1 is 1.30 bits per heavy atom. The van der Waals surface area contributed by atoms with E-state index < -0.39 is 12.0 Å². The topological polar surface area (TPSA) is 78.4 Å². The molecule has 1 aliphatic carbocycles. The minimum atomic E-state index is -0.949. The van der Waals surface area contributed by atoms with Crippen molar-refractivity contribution in [3.8, 4) is 0 Å². The van der Waals surface area contributed by atoms with E-state index >= 15 is 0 Å². The molecule has 5 nitrogen and oxygen atoms in total. The van der Waals surface area contributed by atoms with Crippen molar-refractivity contribution in [2.75, 3.05) is 19.1 Å². The van der Waals surface area contributed by atoms with Crippen LogP contribution in [0.15, 0.2) is 0 Å². The van der Waals surface area contributed by atoms with E-state index in [9.17, 15) is 9.59 Å². The van der Waals surface area contributed by atoms with Gasteiger partial charge >= 0.3 is 5.97 Å². The Morgan fingerprint density at radius 2 is 1.95 bits per heavy atom. The van der Waals surface area contributed by atoms with Crippen LogP contribution in [0.5, 0.6) is 0 Å². The van der Waals surface area contributed by atoms with Gasteiger partial charge in [0.1, 0.15) is 6.04 Å². The number of carbonyl (C=O) groups excluding carboxylic acids is 1. The van der Waals surface area contributed by atoms with Crippen LogP contribution < -0.4 is 10.6 Å². The fourth-order valence-electron chi connectivity index (χ4n) is 2.79. The van der Waals surface area contributed by atoms with E-state index in [1.165, 1.54) is 6.42 Å². The van der Waals surface area contributed by atoms with Crippen LogP contribution in [0.3, 0.4) is 0 Å². The summed E-state index contributed by atoms with van der Waals surface area (Å²) in [4.78, 5) is 23.3. The van der Waals surface area contributed by atoms with Gasteiger partial charge in [-0.3, -0.25) is 4.79 Å². The normalized spacial score (nSPS) is 19.3. The molecule has 1 atom stereocenters. The van der Waals surface area contributed by atoms with E-state index in [0.29, 0.717) is 12.8 Å². The zero-order chi connectivity index (χ0) is 15.0. The minimum absolute atomic E-state index is 0.148. The Labute approximate surface area is 125 Å². The summed E-state index contributed by atoms with van der Waals surface area (Å²) < 4.78 is 0. The van der Waals surface area contributed by atoms with Gasteiger partial charge in [0.2, 0.25) is 5.91 Å². The largest absolute Gasteiger partial charge is 0.480 e. The predicted octanol–water partition coefficient (Wildman–Crippen LogP) is 1.62. The fourth-order valence-corrected chi connectivity index (χ4v) is 3.26. The van der Waals surface area contributed by atoms with Gasteiger partial charge in [-0.25, -0.2) is 4.79 Å². The smallest absolute Gasteiger partial charge is 0.326 e. The summed E-state index contributed by atoms with van der Waals surface area (Å²) in [7, 11) is 1.89. The molecule has 3 N–H and O–H groups in total. The van der Waals surface area contributed by atoms with Crippen molar-refractivity contribution in [3.05, 3.63) is 0 Å². The van der Waals surface area contributed by atoms with Gasteiger partial charge in [-0.2, -0.15) is 11.8 Å². The molecule has 0 heterocycles. The molecule has 0 radical (unpaired) electrons. The Kier molecular flexibility index (Phi) is 7.37. The number of carbonyl (C=O) groups is 2. The van der Waals surface area contributed by atoms with E-state index in [-0.39, 0.29) is 11.4 Å². The summed E-state index contributed by atoms with van der Waals surface area (Å²) in [6, 6.07) is -0.771. The number of carboxylic acids is 1. The Balaban J connectivity index is 2.53. The molecule has 1 rings (SSSR count). The molecule has 0 aromatic carbocycles. The maximum Gasteiger partial charge on any atom is 0.326 e. The second-order valence-corrected chi connectivity index (χ2v) is 6.49. The average molecular weight is 302 g/mol. The first-order chi connectivity index (χ1) is 9.53. The number of nitrogens with one attached hydrogen (secondary N) is 2. The molecule has 1 fully saturated rings. The molecular formula is C14H26N2O3S. The van der Waals surface area contributed by atoms with Crippen molar-refractivity contribution in [3.63, 3.8) is 0 Å². The monoisotopic (exact) mass is 302 g/mol. The average Bonchev–Trinajstić information content (AvgIpc) is 2.44. The molecule has 6 heteroatoms. The van der Waals surface area contributed by atoms with E-state index in [0.717, 1.165) is 31.4 Å². The molecule has 1 saturated carbocycles. The third kappa shape index (κ3) is 5.32. The third-order valence-electron chi connectivity index (χ3n) is 4.08. The standard InChI is InChI=1S/C14H26N2O3S/c1-15-14(7-4-3-5-8-14)10-12(17)16-11(13(18)19)6-9-20-2/h11,15H,3-10H2,1-2H3,(H,16,17)(H,18,19)/t11-/m1/s1. The number of carboxylic acid groups (broad SMARTS) is 1. The van der Waals surface area contributed by atoms with Crippen LogP contribution in [0.25, 0.3) is 0 Å². The van der Waals surface area contributed by atoms with Gasteiger partial charge in [-0.05, 0) is 38.3 Å². The van der Waals surface area contributed by atoms with Gasteiger partial charge in [-0.1, -0.05) is 19.3 Å². The lowest BCUT2D eigenvalue weighted by atomic mass is 9.79. The molecular weight excluding hydrogens is 276 g/mol. The van der Waals surface area contributed by atoms with Crippen molar-refractivity contribution in [2.24, 2.45) is 0 Å². The summed E-state index contributed by atoms with van der Waals surface area (Å²) in [6.45, 7) is 0. The van der Waals surface area contributed by atoms with Crippen molar-refractivity contribution in [1.29, 1.82) is 0 Å². The Hall–Kier alpha value is -0.750. The highest BCUT2D eigenvalue weighted by Crippen LogP contribution is 2.30. The van der Waals surface area contributed by atoms with Crippen molar-refractivity contribution < 1.29 is 14.7 Å². The number of thioether (sulfide) groups is 1. The zero-order valence-corrected chi connectivity index (χ0v) is 13.2. The molecule has 1 amide bonds. The predicted molar refractivity (Wildman–Crippen MR) is 82.1 cm³/mol. The van der Waals surface area contributed by atoms with E-state index in [2.05, 4.69) is 10.6 Å². The van der Waals surface area contributed by atoms with Crippen LogP contribution in [0.2, 0.25) is 0 Å². The van der Waals surface area contributed by atoms with Crippen LogP contribution >= 0.6 is 11.8 Å². The molecule has 0 unspecified atom stereocenters. The number of hydrogen-bond acceptors (Lipinski definition) is 4. The molecule has 1 aliphatic rings. The highest BCUT2D eigenvalue weighted by atomic mass is 32.2. The maximum atomic E-state index is 12.1. The summed E-state index contributed by atoms with van der Waals surface area (Å²) >= 11 is 1.59. The van der Waals surface area contributed by atoms with Gasteiger partial charge in [0.25, 0.3) is 0 Å². The molecule has 0 saturated heterocycles. The first-order valence-electron chi connectivity index (χ1n) is 7.23. The third-order valence-corrected chi connectivity index (χ3v) is 4.73. The van der Waals surface area contributed by atoms with Crippen LogP contribution in [0.4, 0.5) is 0 Å². The van der Waals surface area contributed by atoms with Gasteiger partial charge in [0, 0.05) is 12.0 Å². The summed E-state index contributed by atoms with van der Waals surface area (Å²) in [5, 5.41) is 15.1. The minimum Gasteiger partial charge on any atom is -0.480 e. The van der Waals surface area contributed by atoms with Gasteiger partial charge in [-0.15, -0.1) is 0 Å². The number of hydrogen-bond donors (Lipinski definition) is 3. The molecule has 0 aromatic heterocycles. The highest BCUT2D eigenvalue weighted by molar-refractivity contribution is 7.98. The lowest BCUT2D eigenvalue weighted by Crippen LogP contribution is -2.50. The van der Waals surface area contributed by atoms with Crippen LogP contribution in [0, 0.1) is 0 Å².